The van der Waals surface area contributed by atoms with E-state index in [1.165, 1.54) is 10.6 Å². The molecule has 7 nitrogen and oxygen atoms in total. The van der Waals surface area contributed by atoms with E-state index in [2.05, 4.69) is 15.1 Å². The number of H-pyrrole nitrogens is 1. The zero-order chi connectivity index (χ0) is 17.7. The highest BCUT2D eigenvalue weighted by Gasteiger charge is 2.16. The van der Waals surface area contributed by atoms with E-state index in [0.717, 1.165) is 11.1 Å². The Morgan fingerprint density at radius 1 is 1.00 bits per heavy atom. The molecule has 0 aliphatic carbocycles. The molecule has 4 aromatic rings. The summed E-state index contributed by atoms with van der Waals surface area (Å²) >= 11 is 5.91. The number of halogens is 1. The lowest BCUT2D eigenvalue weighted by molar-refractivity contribution is 0.174. The zero-order valence-electron chi connectivity index (χ0n) is 13.3. The average molecular weight is 367 g/mol. The smallest absolute Gasteiger partial charge is 0.276 e. The van der Waals surface area contributed by atoms with E-state index in [-0.39, 0.29) is 12.4 Å². The van der Waals surface area contributed by atoms with Gasteiger partial charge in [0.1, 0.15) is 0 Å². The van der Waals surface area contributed by atoms with Gasteiger partial charge in [-0.05, 0) is 42.5 Å². The van der Waals surface area contributed by atoms with Gasteiger partial charge in [-0.3, -0.25) is 4.79 Å². The van der Waals surface area contributed by atoms with Crippen LogP contribution in [-0.4, -0.2) is 26.4 Å². The highest BCUT2D eigenvalue weighted by Crippen LogP contribution is 2.35. The summed E-state index contributed by atoms with van der Waals surface area (Å²) in [5.41, 5.74) is 1.91. The van der Waals surface area contributed by atoms with Gasteiger partial charge in [-0.25, -0.2) is 0 Å². The summed E-state index contributed by atoms with van der Waals surface area (Å²) in [6.07, 6.45) is 0. The molecule has 0 fully saturated rings. The fourth-order valence-electron chi connectivity index (χ4n) is 2.83. The molecule has 0 amide bonds. The van der Waals surface area contributed by atoms with Crippen LogP contribution in [0, 0.1) is 0 Å². The fourth-order valence-corrected chi connectivity index (χ4v) is 2.95. The summed E-state index contributed by atoms with van der Waals surface area (Å²) in [5, 5.41) is 4.90. The third-order valence-corrected chi connectivity index (χ3v) is 4.37. The van der Waals surface area contributed by atoms with E-state index in [0.29, 0.717) is 33.8 Å². The van der Waals surface area contributed by atoms with Crippen molar-refractivity contribution in [3.8, 4) is 34.1 Å². The summed E-state index contributed by atoms with van der Waals surface area (Å²) in [4.78, 5) is 20.0. The number of hydrogen-bond donors (Lipinski definition) is 1. The number of ether oxygens (including phenoxy) is 2. The summed E-state index contributed by atoms with van der Waals surface area (Å²) in [7, 11) is 0. The molecule has 1 N–H and O–H groups in total. The lowest BCUT2D eigenvalue weighted by atomic mass is 10.1. The van der Waals surface area contributed by atoms with Gasteiger partial charge in [0.25, 0.3) is 5.56 Å². The minimum Gasteiger partial charge on any atom is -0.454 e. The first-order chi connectivity index (χ1) is 12.7. The van der Waals surface area contributed by atoms with Gasteiger partial charge in [0.2, 0.25) is 12.6 Å². The Kier molecular flexibility index (Phi) is 3.23. The molecule has 26 heavy (non-hydrogen) atoms. The molecule has 3 heterocycles. The van der Waals surface area contributed by atoms with Gasteiger partial charge in [0.05, 0.1) is 5.69 Å². The van der Waals surface area contributed by atoms with Crippen molar-refractivity contribution < 1.29 is 9.47 Å². The van der Waals surface area contributed by atoms with Crippen molar-refractivity contribution >= 4 is 17.4 Å². The van der Waals surface area contributed by atoms with Gasteiger partial charge in [-0.2, -0.15) is 9.50 Å². The minimum absolute atomic E-state index is 0.197. The molecule has 1 aliphatic rings. The predicted octanol–water partition coefficient (Wildman–Crippen LogP) is 3.13. The molecule has 0 saturated heterocycles. The number of aromatic nitrogens is 4. The summed E-state index contributed by atoms with van der Waals surface area (Å²) in [6, 6.07) is 14.1. The number of nitrogens with one attached hydrogen (secondary N) is 1. The topological polar surface area (TPSA) is 81.5 Å². The summed E-state index contributed by atoms with van der Waals surface area (Å²) in [5.74, 6) is 2.13. The van der Waals surface area contributed by atoms with E-state index >= 15 is 0 Å². The van der Waals surface area contributed by atoms with Crippen molar-refractivity contribution in [1.29, 1.82) is 0 Å². The van der Waals surface area contributed by atoms with Crippen molar-refractivity contribution in [1.82, 2.24) is 19.6 Å². The molecule has 1 aliphatic heterocycles. The molecule has 0 saturated carbocycles. The molecule has 0 bridgehead atoms. The first kappa shape index (κ1) is 15.0. The van der Waals surface area contributed by atoms with E-state index in [1.807, 2.05) is 18.2 Å². The van der Waals surface area contributed by atoms with E-state index < -0.39 is 0 Å². The Bertz CT molecular complexity index is 1200. The number of fused-ring (bicyclic) bond motifs is 2. The van der Waals surface area contributed by atoms with Gasteiger partial charge in [0, 0.05) is 22.2 Å². The molecule has 0 unspecified atom stereocenters. The highest BCUT2D eigenvalue weighted by molar-refractivity contribution is 6.30. The Hall–Kier alpha value is -3.32. The standard InChI is InChI=1S/C18H11ClN4O3/c19-12-4-1-10(2-5-12)17-21-18-20-13(8-16(24)23(18)22-17)11-3-6-14-15(7-11)26-9-25-14/h1-8H,9H2,(H,20,21,22). The van der Waals surface area contributed by atoms with E-state index in [4.69, 9.17) is 21.1 Å². The van der Waals surface area contributed by atoms with Crippen LogP contribution in [0.5, 0.6) is 11.5 Å². The van der Waals surface area contributed by atoms with E-state index in [1.54, 1.807) is 24.3 Å². The first-order valence-corrected chi connectivity index (χ1v) is 8.21. The maximum atomic E-state index is 12.5. The maximum Gasteiger partial charge on any atom is 0.276 e. The second kappa shape index (κ2) is 5.60. The lowest BCUT2D eigenvalue weighted by Gasteiger charge is -2.03. The number of benzene rings is 2. The van der Waals surface area contributed by atoms with Gasteiger partial charge in [-0.15, -0.1) is 5.10 Å². The molecule has 0 radical (unpaired) electrons. The van der Waals surface area contributed by atoms with E-state index in [9.17, 15) is 4.79 Å². The number of nitrogens with zero attached hydrogens (tertiary/aromatic N) is 3. The summed E-state index contributed by atoms with van der Waals surface area (Å²) < 4.78 is 11.9. The Balaban J connectivity index is 1.62. The van der Waals surface area contributed by atoms with Gasteiger partial charge in [-0.1, -0.05) is 11.6 Å². The van der Waals surface area contributed by atoms with Crippen LogP contribution in [0.2, 0.25) is 5.02 Å². The average Bonchev–Trinajstić information content (AvgIpc) is 3.28. The van der Waals surface area contributed by atoms with Crippen molar-refractivity contribution in [3.63, 3.8) is 0 Å². The Morgan fingerprint density at radius 3 is 2.62 bits per heavy atom. The SMILES string of the molecule is O=c1cc(-c2ccc3c(c2)OCO3)[nH]c2nc(-c3ccc(Cl)cc3)nn12. The van der Waals surface area contributed by atoms with Gasteiger partial charge in [0.15, 0.2) is 17.3 Å². The lowest BCUT2D eigenvalue weighted by Crippen LogP contribution is -2.14. The van der Waals surface area contributed by atoms with Crippen molar-refractivity contribution in [3.05, 3.63) is 63.9 Å². The van der Waals surface area contributed by atoms with Crippen molar-refractivity contribution in [2.24, 2.45) is 0 Å². The number of aromatic amines is 1. The molecule has 128 valence electrons. The zero-order valence-corrected chi connectivity index (χ0v) is 14.0. The summed E-state index contributed by atoms with van der Waals surface area (Å²) in [6.45, 7) is 0.197. The second-order valence-electron chi connectivity index (χ2n) is 5.77. The van der Waals surface area contributed by atoms with Crippen molar-refractivity contribution in [2.45, 2.75) is 0 Å². The molecule has 5 rings (SSSR count). The van der Waals surface area contributed by atoms with Crippen LogP contribution in [0.15, 0.2) is 53.3 Å². The largest absolute Gasteiger partial charge is 0.454 e. The van der Waals surface area contributed by atoms with Crippen LogP contribution in [0.1, 0.15) is 0 Å². The third kappa shape index (κ3) is 2.41. The molecule has 0 spiro atoms. The van der Waals surface area contributed by atoms with Gasteiger partial charge < -0.3 is 14.5 Å². The predicted molar refractivity (Wildman–Crippen MR) is 95.6 cm³/mol. The number of hydrogen-bond acceptors (Lipinski definition) is 5. The Labute approximate surface area is 151 Å². The first-order valence-electron chi connectivity index (χ1n) is 7.83. The molecule has 0 atom stereocenters. The molecule has 8 heteroatoms. The monoisotopic (exact) mass is 366 g/mol. The molecular weight excluding hydrogens is 356 g/mol. The van der Waals surface area contributed by atoms with Crippen LogP contribution < -0.4 is 15.0 Å². The van der Waals surface area contributed by atoms with Crippen LogP contribution in [0.4, 0.5) is 0 Å². The Morgan fingerprint density at radius 2 is 1.77 bits per heavy atom. The van der Waals surface area contributed by atoms with Crippen molar-refractivity contribution in [2.75, 3.05) is 6.79 Å². The molecule has 2 aromatic carbocycles. The highest BCUT2D eigenvalue weighted by atomic mass is 35.5. The van der Waals surface area contributed by atoms with Crippen LogP contribution >= 0.6 is 11.6 Å². The van der Waals surface area contributed by atoms with Crippen LogP contribution in [0.25, 0.3) is 28.4 Å². The quantitative estimate of drug-likeness (QED) is 0.589. The fraction of sp³-hybridized carbons (Fsp3) is 0.0556. The van der Waals surface area contributed by atoms with Crippen LogP contribution in [0.3, 0.4) is 0 Å². The minimum atomic E-state index is -0.279. The van der Waals surface area contributed by atoms with Crippen LogP contribution in [-0.2, 0) is 0 Å². The van der Waals surface area contributed by atoms with Gasteiger partial charge >= 0.3 is 0 Å². The normalized spacial score (nSPS) is 12.7. The molecular formula is C18H11ClN4O3. The second-order valence-corrected chi connectivity index (χ2v) is 6.20. The number of rotatable bonds is 2. The molecule has 2 aromatic heterocycles. The third-order valence-electron chi connectivity index (χ3n) is 4.12. The maximum absolute atomic E-state index is 12.5.